The van der Waals surface area contributed by atoms with E-state index in [-0.39, 0.29) is 32.0 Å². The van der Waals surface area contributed by atoms with Crippen molar-refractivity contribution in [2.75, 3.05) is 0 Å². The second-order valence-corrected chi connectivity index (χ2v) is 13.0. The second kappa shape index (κ2) is 8.93. The summed E-state index contributed by atoms with van der Waals surface area (Å²) in [6.07, 6.45) is 0. The Morgan fingerprint density at radius 1 is 0.605 bits per heavy atom. The number of benzene rings is 4. The summed E-state index contributed by atoms with van der Waals surface area (Å²) in [7, 11) is -10.0. The van der Waals surface area contributed by atoms with Gasteiger partial charge >= 0.3 is 20.8 Å². The third kappa shape index (κ3) is 4.36. The monoisotopic (exact) mass is 626 g/mol. The van der Waals surface area contributed by atoms with E-state index in [2.05, 4.69) is 0 Å². The highest BCUT2D eigenvalue weighted by atomic mass is 35.5. The van der Waals surface area contributed by atoms with Gasteiger partial charge in [-0.2, -0.15) is 16.8 Å². The number of hydrogen-bond donors (Lipinski definition) is 2. The average Bonchev–Trinajstić information content (AvgIpc) is 3.36. The van der Waals surface area contributed by atoms with Crippen molar-refractivity contribution in [2.24, 2.45) is 0 Å². The molecule has 2 heterocycles. The van der Waals surface area contributed by atoms with E-state index in [0.717, 1.165) is 22.7 Å². The van der Waals surface area contributed by atoms with Crippen molar-refractivity contribution >= 4 is 108 Å². The maximum absolute atomic E-state index is 11.9. The molecule has 0 unspecified atom stereocenters. The van der Waals surface area contributed by atoms with Crippen molar-refractivity contribution in [3.63, 3.8) is 0 Å². The highest BCUT2D eigenvalue weighted by molar-refractivity contribution is 7.81. The molecule has 0 atom stereocenters. The average molecular weight is 628 g/mol. The highest BCUT2D eigenvalue weighted by Crippen LogP contribution is 2.56. The molecule has 194 valence electrons. The third-order valence-corrected chi connectivity index (χ3v) is 10.1. The fourth-order valence-corrected chi connectivity index (χ4v) is 8.41. The number of hydrogen-bond acceptors (Lipinski definition) is 8. The Bertz CT molecular complexity index is 2010. The van der Waals surface area contributed by atoms with Crippen LogP contribution < -0.4 is 8.37 Å². The van der Waals surface area contributed by atoms with Crippen LogP contribution in [-0.4, -0.2) is 25.9 Å². The summed E-state index contributed by atoms with van der Waals surface area (Å²) in [5, 5.41) is 3.86. The van der Waals surface area contributed by atoms with Crippen LogP contribution >= 0.6 is 45.9 Å². The molecule has 2 N–H and O–H groups in total. The van der Waals surface area contributed by atoms with Gasteiger partial charge in [0.15, 0.2) is 11.5 Å². The van der Waals surface area contributed by atoms with Crippen LogP contribution in [-0.2, 0) is 20.8 Å². The fraction of sp³-hybridized carbons (Fsp3) is 0. The zero-order chi connectivity index (χ0) is 27.0. The molecular formula is C24H12Cl2O8S4. The third-order valence-electron chi connectivity index (χ3n) is 5.78. The van der Waals surface area contributed by atoms with E-state index in [1.807, 2.05) is 0 Å². The number of thiophene rings is 2. The first-order valence-corrected chi connectivity index (χ1v) is 15.6. The van der Waals surface area contributed by atoms with Gasteiger partial charge in [0.1, 0.15) is 0 Å². The number of halogens is 2. The predicted octanol–water partition coefficient (Wildman–Crippen LogP) is 7.76. The van der Waals surface area contributed by atoms with Crippen LogP contribution in [0.3, 0.4) is 0 Å². The Kier molecular flexibility index (Phi) is 6.01. The Morgan fingerprint density at radius 2 is 0.974 bits per heavy atom. The van der Waals surface area contributed by atoms with Crippen LogP contribution in [0.5, 0.6) is 11.5 Å². The molecule has 0 bridgehead atoms. The Balaban J connectivity index is 1.77. The topological polar surface area (TPSA) is 127 Å². The first-order valence-electron chi connectivity index (χ1n) is 10.5. The molecule has 38 heavy (non-hydrogen) atoms. The van der Waals surface area contributed by atoms with Crippen molar-refractivity contribution < 1.29 is 34.3 Å². The molecule has 0 saturated heterocycles. The van der Waals surface area contributed by atoms with E-state index in [1.54, 1.807) is 60.7 Å². The fourth-order valence-electron chi connectivity index (χ4n) is 4.32. The van der Waals surface area contributed by atoms with Gasteiger partial charge < -0.3 is 8.37 Å². The van der Waals surface area contributed by atoms with Crippen molar-refractivity contribution in [3.05, 3.63) is 70.7 Å². The predicted molar refractivity (Wildman–Crippen MR) is 152 cm³/mol. The van der Waals surface area contributed by atoms with E-state index in [0.29, 0.717) is 41.0 Å². The van der Waals surface area contributed by atoms with E-state index >= 15 is 0 Å². The summed E-state index contributed by atoms with van der Waals surface area (Å²) in [5.74, 6) is -0.569. The molecule has 14 heteroatoms. The van der Waals surface area contributed by atoms with Gasteiger partial charge in [0.25, 0.3) is 0 Å². The summed E-state index contributed by atoms with van der Waals surface area (Å²) in [6.45, 7) is 0. The first-order chi connectivity index (χ1) is 17.9. The van der Waals surface area contributed by atoms with Gasteiger partial charge in [-0.05, 0) is 22.9 Å². The molecule has 0 spiro atoms. The van der Waals surface area contributed by atoms with Crippen molar-refractivity contribution in [3.8, 4) is 21.3 Å². The van der Waals surface area contributed by atoms with Crippen LogP contribution in [0.1, 0.15) is 0 Å². The largest absolute Gasteiger partial charge is 0.446 e. The Hall–Kier alpha value is -2.68. The van der Waals surface area contributed by atoms with Gasteiger partial charge in [-0.3, -0.25) is 9.11 Å². The molecule has 0 radical (unpaired) electrons. The van der Waals surface area contributed by atoms with Crippen LogP contribution in [0.2, 0.25) is 10.0 Å². The van der Waals surface area contributed by atoms with E-state index < -0.39 is 20.8 Å². The van der Waals surface area contributed by atoms with Gasteiger partial charge in [-0.15, -0.1) is 22.7 Å². The molecule has 0 saturated carbocycles. The summed E-state index contributed by atoms with van der Waals surface area (Å²) >= 11 is 15.4. The van der Waals surface area contributed by atoms with E-state index in [9.17, 15) is 25.9 Å². The smallest absolute Gasteiger partial charge is 0.360 e. The quantitative estimate of drug-likeness (QED) is 0.186. The molecule has 6 rings (SSSR count). The first kappa shape index (κ1) is 25.6. The lowest BCUT2D eigenvalue weighted by Gasteiger charge is -2.07. The van der Waals surface area contributed by atoms with E-state index in [1.165, 1.54) is 0 Å². The number of rotatable bonds is 5. The van der Waals surface area contributed by atoms with Crippen LogP contribution in [0.25, 0.3) is 51.5 Å². The normalized spacial score (nSPS) is 12.6. The van der Waals surface area contributed by atoms with E-state index in [4.69, 9.17) is 31.6 Å². The molecule has 6 aromatic rings. The Labute approximate surface area is 233 Å². The summed E-state index contributed by atoms with van der Waals surface area (Å²) in [5.41, 5.74) is 0. The lowest BCUT2D eigenvalue weighted by molar-refractivity contribution is 0.385. The molecule has 0 fully saturated rings. The lowest BCUT2D eigenvalue weighted by Crippen LogP contribution is -2.08. The molecule has 0 aliphatic rings. The van der Waals surface area contributed by atoms with Crippen LogP contribution in [0.4, 0.5) is 0 Å². The standard InChI is InChI=1S/C24H12Cl2O8S4/c25-17-13-7-3-1-5-11(13)9-15-19(33-37(27,28)29)23(35-21(15)17)24-20(34-38(30,31)32)16-10-12-6-2-4-8-14(12)18(26)22(16)36-24/h1-10H,(H,27,28,29)(H,30,31,32). The van der Waals surface area contributed by atoms with Gasteiger partial charge in [-0.25, -0.2) is 0 Å². The summed E-state index contributed by atoms with van der Waals surface area (Å²) in [4.78, 5) is 0.185. The van der Waals surface area contributed by atoms with Gasteiger partial charge in [0, 0.05) is 21.5 Å². The minimum atomic E-state index is -5.02. The molecule has 0 aliphatic carbocycles. The van der Waals surface area contributed by atoms with Crippen molar-refractivity contribution in [1.82, 2.24) is 0 Å². The second-order valence-electron chi connectivity index (χ2n) is 8.12. The molecule has 8 nitrogen and oxygen atoms in total. The molecule has 2 aromatic heterocycles. The molecule has 4 aromatic carbocycles. The summed E-state index contributed by atoms with van der Waals surface area (Å²) < 4.78 is 77.7. The van der Waals surface area contributed by atoms with Crippen molar-refractivity contribution in [1.29, 1.82) is 0 Å². The maximum atomic E-state index is 11.9. The lowest BCUT2D eigenvalue weighted by atomic mass is 10.1. The van der Waals surface area contributed by atoms with Crippen LogP contribution in [0.15, 0.2) is 60.7 Å². The zero-order valence-corrected chi connectivity index (χ0v) is 23.3. The van der Waals surface area contributed by atoms with Gasteiger partial charge in [0.05, 0.1) is 29.2 Å². The minimum absolute atomic E-state index is 0.0924. The van der Waals surface area contributed by atoms with Gasteiger partial charge in [-0.1, -0.05) is 71.7 Å². The molecule has 0 amide bonds. The maximum Gasteiger partial charge on any atom is 0.446 e. The number of fused-ring (bicyclic) bond motifs is 4. The van der Waals surface area contributed by atoms with Gasteiger partial charge in [0.2, 0.25) is 0 Å². The minimum Gasteiger partial charge on any atom is -0.360 e. The zero-order valence-electron chi connectivity index (χ0n) is 18.5. The summed E-state index contributed by atoms with van der Waals surface area (Å²) in [6, 6.07) is 17.6. The van der Waals surface area contributed by atoms with Crippen LogP contribution in [0, 0.1) is 0 Å². The molecule has 0 aliphatic heterocycles. The SMILES string of the molecule is O=S(=O)(O)Oc1c(-c2sc3c(Cl)c4ccccc4cc3c2OS(=O)(=O)O)sc2c(Cl)c3ccccc3cc12. The highest BCUT2D eigenvalue weighted by Gasteiger charge is 2.30. The van der Waals surface area contributed by atoms with Crippen molar-refractivity contribution in [2.45, 2.75) is 0 Å². The Morgan fingerprint density at radius 3 is 1.34 bits per heavy atom. The molecular weight excluding hydrogens is 615 g/mol.